The van der Waals surface area contributed by atoms with Gasteiger partial charge in [-0.15, -0.1) is 0 Å². The normalized spacial score (nSPS) is 25.5. The highest BCUT2D eigenvalue weighted by Gasteiger charge is 2.85. The van der Waals surface area contributed by atoms with Crippen LogP contribution in [0, 0.1) is 22.7 Å². The zero-order chi connectivity index (χ0) is 30.5. The Bertz CT molecular complexity index is 1410. The molecule has 0 aromatic carbocycles. The maximum Gasteiger partial charge on any atom is 0.264 e. The monoisotopic (exact) mass is 638 g/mol. The average molecular weight is 639 g/mol. The van der Waals surface area contributed by atoms with Crippen LogP contribution in [0.4, 0.5) is 11.6 Å². The molecule has 2 aliphatic heterocycles. The molecule has 236 valence electrons. The summed E-state index contributed by atoms with van der Waals surface area (Å²) in [4.78, 5) is 36.6. The van der Waals surface area contributed by atoms with E-state index >= 15 is 0 Å². The Morgan fingerprint density at radius 3 is 2.64 bits per heavy atom. The molecule has 0 radical (unpaired) electrons. The van der Waals surface area contributed by atoms with Gasteiger partial charge < -0.3 is 15.4 Å². The summed E-state index contributed by atoms with van der Waals surface area (Å²) in [7, 11) is 0. The summed E-state index contributed by atoms with van der Waals surface area (Å²) in [5, 5.41) is 7.71. The summed E-state index contributed by atoms with van der Waals surface area (Å²) in [6.45, 7) is 7.64. The highest BCUT2D eigenvalue weighted by molar-refractivity contribution is 7.97. The van der Waals surface area contributed by atoms with Crippen LogP contribution in [-0.2, 0) is 9.53 Å². The molecule has 11 heteroatoms. The molecule has 2 saturated heterocycles. The number of hydrogen-bond acceptors (Lipinski definition) is 8. The Balaban J connectivity index is 0.853. The van der Waals surface area contributed by atoms with E-state index in [-0.39, 0.29) is 28.1 Å². The van der Waals surface area contributed by atoms with Gasteiger partial charge in [0.25, 0.3) is 11.8 Å². The van der Waals surface area contributed by atoms with Crippen molar-refractivity contribution < 1.29 is 14.3 Å². The molecule has 2 spiro atoms. The number of ether oxygens (including phenoxy) is 1. The predicted molar refractivity (Wildman–Crippen MR) is 173 cm³/mol. The number of aromatic nitrogens is 2. The molecule has 2 atom stereocenters. The first kappa shape index (κ1) is 30.3. The van der Waals surface area contributed by atoms with Crippen LogP contribution < -0.4 is 20.3 Å². The highest BCUT2D eigenvalue weighted by Crippen LogP contribution is 2.93. The Morgan fingerprint density at radius 1 is 1.14 bits per heavy atom. The molecule has 3 aliphatic carbocycles. The number of nitrogens with one attached hydrogen (secondary N) is 3. The van der Waals surface area contributed by atoms with E-state index in [4.69, 9.17) is 16.3 Å². The number of halogens is 1. The van der Waals surface area contributed by atoms with Gasteiger partial charge in [-0.25, -0.2) is 9.97 Å². The van der Waals surface area contributed by atoms with Gasteiger partial charge in [0.05, 0.1) is 5.56 Å². The number of pyridine rings is 2. The maximum atomic E-state index is 13.1. The van der Waals surface area contributed by atoms with Crippen molar-refractivity contribution in [1.82, 2.24) is 20.0 Å². The van der Waals surface area contributed by atoms with E-state index in [0.29, 0.717) is 41.2 Å². The number of amides is 2. The third-order valence-corrected chi connectivity index (χ3v) is 11.8. The van der Waals surface area contributed by atoms with E-state index in [0.717, 1.165) is 55.5 Å². The van der Waals surface area contributed by atoms with Crippen LogP contribution in [0.5, 0.6) is 0 Å². The number of carbonyl (C=O) groups is 2. The van der Waals surface area contributed by atoms with E-state index in [1.165, 1.54) is 38.5 Å². The third-order valence-electron chi connectivity index (χ3n) is 10.8. The molecule has 2 amide bonds. The van der Waals surface area contributed by atoms with Crippen molar-refractivity contribution in [2.24, 2.45) is 22.7 Å². The van der Waals surface area contributed by atoms with Gasteiger partial charge in [0.2, 0.25) is 0 Å². The number of anilines is 2. The van der Waals surface area contributed by atoms with Gasteiger partial charge >= 0.3 is 0 Å². The van der Waals surface area contributed by atoms with Gasteiger partial charge in [-0.1, -0.05) is 17.7 Å². The van der Waals surface area contributed by atoms with Gasteiger partial charge in [-0.2, -0.15) is 0 Å². The van der Waals surface area contributed by atoms with E-state index in [1.54, 1.807) is 17.0 Å². The zero-order valence-electron chi connectivity index (χ0n) is 25.7. The fourth-order valence-electron chi connectivity index (χ4n) is 8.29. The predicted octanol–water partition coefficient (Wildman–Crippen LogP) is 5.85. The summed E-state index contributed by atoms with van der Waals surface area (Å²) < 4.78 is 8.87. The lowest BCUT2D eigenvalue weighted by Crippen LogP contribution is -2.31. The van der Waals surface area contributed by atoms with Crippen LogP contribution in [0.15, 0.2) is 35.4 Å². The minimum absolute atomic E-state index is 0.0557. The molecule has 0 bridgehead atoms. The van der Waals surface area contributed by atoms with Crippen molar-refractivity contribution >= 4 is 47.0 Å². The maximum absolute atomic E-state index is 13.1. The van der Waals surface area contributed by atoms with E-state index in [2.05, 4.69) is 39.2 Å². The van der Waals surface area contributed by atoms with Crippen molar-refractivity contribution in [2.75, 3.05) is 36.5 Å². The van der Waals surface area contributed by atoms with Gasteiger partial charge in [-0.3, -0.25) is 19.2 Å². The second-order valence-electron chi connectivity index (χ2n) is 14.1. The second kappa shape index (κ2) is 11.8. The molecular formula is C33H43ClN6O3S. The van der Waals surface area contributed by atoms with Crippen LogP contribution in [-0.4, -0.2) is 59.7 Å². The van der Waals surface area contributed by atoms with Crippen molar-refractivity contribution in [2.45, 2.75) is 88.3 Å². The number of hydrogen-bond donors (Lipinski definition) is 3. The highest BCUT2D eigenvalue weighted by atomic mass is 35.5. The average Bonchev–Trinajstić information content (AvgIpc) is 3.96. The second-order valence-corrected chi connectivity index (χ2v) is 15.3. The lowest BCUT2D eigenvalue weighted by molar-refractivity contribution is -0.127. The first-order chi connectivity index (χ1) is 21.2. The van der Waals surface area contributed by atoms with Crippen molar-refractivity contribution in [3.63, 3.8) is 0 Å². The molecule has 5 aliphatic rings. The molecule has 5 fully saturated rings. The Hall–Kier alpha value is -2.40. The summed E-state index contributed by atoms with van der Waals surface area (Å²) >= 11 is 7.57. The third kappa shape index (κ3) is 5.95. The topological polar surface area (TPSA) is 108 Å². The molecule has 2 unspecified atom stereocenters. The first-order valence-electron chi connectivity index (χ1n) is 16.2. The summed E-state index contributed by atoms with van der Waals surface area (Å²) in [5.74, 6) is 2.31. The summed E-state index contributed by atoms with van der Waals surface area (Å²) in [6, 6.07) is 8.99. The fourth-order valence-corrected chi connectivity index (χ4v) is 9.12. The van der Waals surface area contributed by atoms with Crippen LogP contribution in [0.2, 0.25) is 5.15 Å². The van der Waals surface area contributed by atoms with Crippen LogP contribution in [0.3, 0.4) is 0 Å². The van der Waals surface area contributed by atoms with E-state index in [9.17, 15) is 9.59 Å². The van der Waals surface area contributed by atoms with E-state index < -0.39 is 6.10 Å². The van der Waals surface area contributed by atoms with Gasteiger partial charge in [-0.05, 0) is 119 Å². The van der Waals surface area contributed by atoms with Gasteiger partial charge in [0, 0.05) is 43.6 Å². The lowest BCUT2D eigenvalue weighted by Gasteiger charge is -2.17. The molecule has 3 N–H and O–H groups in total. The van der Waals surface area contributed by atoms with Crippen LogP contribution in [0.25, 0.3) is 0 Å². The quantitative estimate of drug-likeness (QED) is 0.142. The summed E-state index contributed by atoms with van der Waals surface area (Å²) in [6.07, 6.45) is 10.3. The van der Waals surface area contributed by atoms with Crippen molar-refractivity contribution in [3.8, 4) is 0 Å². The molecule has 3 saturated carbocycles. The van der Waals surface area contributed by atoms with Gasteiger partial charge in [0.1, 0.15) is 27.9 Å². The smallest absolute Gasteiger partial charge is 0.264 e. The van der Waals surface area contributed by atoms with Crippen LogP contribution in [0.1, 0.15) is 82.0 Å². The molecule has 44 heavy (non-hydrogen) atoms. The number of rotatable bonds is 13. The number of carbonyl (C=O) groups excluding carboxylic acids is 2. The largest absolute Gasteiger partial charge is 0.370 e. The minimum Gasteiger partial charge on any atom is -0.370 e. The Morgan fingerprint density at radius 2 is 1.93 bits per heavy atom. The molecule has 2 aromatic heterocycles. The fraction of sp³-hybridized carbons (Fsp3) is 0.636. The minimum atomic E-state index is -0.436. The first-order valence-corrected chi connectivity index (χ1v) is 17.4. The molecular weight excluding hydrogens is 596 g/mol. The molecule has 7 rings (SSSR count). The SMILES string of the molecule is CC1(C)CC(CCCNc2cccc(SNC(=O)c3ccc(N4CCC(OCCC5C6(CC6)C56CC6)C4=O)nc3Cl)n2)CN1. The summed E-state index contributed by atoms with van der Waals surface area (Å²) in [5.41, 5.74) is 1.82. The van der Waals surface area contributed by atoms with Crippen molar-refractivity contribution in [1.29, 1.82) is 0 Å². The van der Waals surface area contributed by atoms with Crippen LogP contribution >= 0.6 is 23.5 Å². The standard InChI is InChI=1S/C33H43ClN6O3S/c1-31(2)19-21(20-36-31)5-4-16-35-25-6-3-7-27(37-25)44-39-29(41)22-8-9-26(38-28(22)34)40-17-10-23(30(40)42)43-18-11-24-32(12-13-32)33(24)14-15-33/h3,6-9,21,23-24,36H,4-5,10-20H2,1-2H3,(H,35,37)(H,39,41). The van der Waals surface area contributed by atoms with Crippen molar-refractivity contribution in [3.05, 3.63) is 41.0 Å². The Kier molecular flexibility index (Phi) is 8.08. The molecule has 4 heterocycles. The lowest BCUT2D eigenvalue weighted by atomic mass is 9.94. The molecule has 2 aromatic rings. The molecule has 9 nitrogen and oxygen atoms in total. The number of fused-ring (bicyclic) bond motifs is 1. The van der Waals surface area contributed by atoms with Gasteiger partial charge in [0.15, 0.2) is 0 Å². The van der Waals surface area contributed by atoms with E-state index in [1.807, 2.05) is 18.2 Å². The Labute approximate surface area is 269 Å². The zero-order valence-corrected chi connectivity index (χ0v) is 27.2. The number of nitrogens with zero attached hydrogens (tertiary/aromatic N) is 3.